The van der Waals surface area contributed by atoms with Gasteiger partial charge in [-0.25, -0.2) is 0 Å². The Hall–Kier alpha value is -2.66. The van der Waals surface area contributed by atoms with Gasteiger partial charge in [0.15, 0.2) is 0 Å². The second kappa shape index (κ2) is 6.84. The Morgan fingerprint density at radius 3 is 2.42 bits per heavy atom. The van der Waals surface area contributed by atoms with Crippen LogP contribution in [-0.4, -0.2) is 30.8 Å². The van der Waals surface area contributed by atoms with Crippen LogP contribution in [0.2, 0.25) is 0 Å². The van der Waals surface area contributed by atoms with Gasteiger partial charge in [0.25, 0.3) is 11.8 Å². The van der Waals surface area contributed by atoms with Crippen LogP contribution in [0.3, 0.4) is 0 Å². The lowest BCUT2D eigenvalue weighted by atomic mass is 10.1. The van der Waals surface area contributed by atoms with E-state index in [-0.39, 0.29) is 11.8 Å². The maximum absolute atomic E-state index is 12.3. The number of hydrogen-bond acceptors (Lipinski definition) is 3. The average molecular weight is 338 g/mol. The Kier molecular flexibility index (Phi) is 4.62. The first-order valence-corrected chi connectivity index (χ1v) is 8.43. The molecule has 0 fully saturated rings. The summed E-state index contributed by atoms with van der Waals surface area (Å²) in [5.41, 5.74) is 1.60. The van der Waals surface area contributed by atoms with Crippen molar-refractivity contribution in [3.63, 3.8) is 0 Å². The van der Waals surface area contributed by atoms with E-state index in [2.05, 4.69) is 5.32 Å². The predicted molar refractivity (Wildman–Crippen MR) is 97.5 cm³/mol. The third kappa shape index (κ3) is 3.46. The van der Waals surface area contributed by atoms with Gasteiger partial charge in [0.1, 0.15) is 0 Å². The van der Waals surface area contributed by atoms with Gasteiger partial charge in [0, 0.05) is 30.9 Å². The van der Waals surface area contributed by atoms with Crippen molar-refractivity contribution in [1.29, 1.82) is 0 Å². The van der Waals surface area contributed by atoms with E-state index in [0.29, 0.717) is 17.0 Å². The van der Waals surface area contributed by atoms with Crippen LogP contribution in [0.1, 0.15) is 25.6 Å². The molecule has 3 rings (SSSR count). The highest BCUT2D eigenvalue weighted by Gasteiger charge is 2.10. The minimum Gasteiger partial charge on any atom is -0.347 e. The number of hydrogen-bond donors (Lipinski definition) is 1. The molecule has 5 heteroatoms. The largest absolute Gasteiger partial charge is 0.347 e. The Balaban J connectivity index is 1.64. The monoisotopic (exact) mass is 338 g/mol. The lowest BCUT2D eigenvalue weighted by Crippen LogP contribution is -2.23. The number of carbonyl (C=O) groups is 2. The first-order chi connectivity index (χ1) is 11.5. The minimum atomic E-state index is -0.0790. The molecule has 2 aromatic carbocycles. The van der Waals surface area contributed by atoms with Crippen LogP contribution in [0.4, 0.5) is 0 Å². The zero-order valence-electron chi connectivity index (χ0n) is 13.6. The molecular formula is C19H18N2O2S. The van der Waals surface area contributed by atoms with Gasteiger partial charge in [-0.3, -0.25) is 9.59 Å². The van der Waals surface area contributed by atoms with E-state index in [1.807, 2.05) is 42.5 Å². The minimum absolute atomic E-state index is 0.0316. The molecule has 0 aliphatic rings. The third-order valence-corrected chi connectivity index (χ3v) is 4.82. The Morgan fingerprint density at radius 2 is 1.75 bits per heavy atom. The van der Waals surface area contributed by atoms with Crippen molar-refractivity contribution in [1.82, 2.24) is 10.2 Å². The highest BCUT2D eigenvalue weighted by atomic mass is 32.1. The number of nitrogens with zero attached hydrogens (tertiary/aromatic N) is 1. The van der Waals surface area contributed by atoms with E-state index in [9.17, 15) is 9.59 Å². The Morgan fingerprint density at radius 1 is 1.04 bits per heavy atom. The van der Waals surface area contributed by atoms with Gasteiger partial charge < -0.3 is 10.2 Å². The lowest BCUT2D eigenvalue weighted by Gasteiger charge is -2.10. The molecule has 0 radical (unpaired) electrons. The van der Waals surface area contributed by atoms with E-state index in [4.69, 9.17) is 0 Å². The highest BCUT2D eigenvalue weighted by molar-refractivity contribution is 7.20. The fraction of sp³-hybridized carbons (Fsp3) is 0.158. The molecule has 0 aliphatic heterocycles. The normalized spacial score (nSPS) is 10.6. The van der Waals surface area contributed by atoms with Crippen molar-refractivity contribution in [2.45, 2.75) is 6.54 Å². The molecule has 0 bridgehead atoms. The highest BCUT2D eigenvalue weighted by Crippen LogP contribution is 2.25. The number of thiophene rings is 1. The summed E-state index contributed by atoms with van der Waals surface area (Å²) in [6.07, 6.45) is 0. The first-order valence-electron chi connectivity index (χ1n) is 7.62. The van der Waals surface area contributed by atoms with E-state index in [1.165, 1.54) is 16.2 Å². The van der Waals surface area contributed by atoms with Crippen LogP contribution in [0.15, 0.2) is 54.6 Å². The summed E-state index contributed by atoms with van der Waals surface area (Å²) in [7, 11) is 3.45. The number of fused-ring (bicyclic) bond motifs is 1. The molecule has 1 heterocycles. The van der Waals surface area contributed by atoms with E-state index < -0.39 is 0 Å². The van der Waals surface area contributed by atoms with Crippen molar-refractivity contribution in [2.75, 3.05) is 14.1 Å². The molecule has 24 heavy (non-hydrogen) atoms. The zero-order chi connectivity index (χ0) is 17.1. The zero-order valence-corrected chi connectivity index (χ0v) is 14.4. The molecule has 0 unspecified atom stereocenters. The number of nitrogens with one attached hydrogen (secondary N) is 1. The molecule has 0 saturated carbocycles. The number of amides is 2. The molecule has 0 aliphatic carbocycles. The van der Waals surface area contributed by atoms with Crippen molar-refractivity contribution >= 4 is 33.2 Å². The van der Waals surface area contributed by atoms with Gasteiger partial charge in [-0.1, -0.05) is 30.3 Å². The molecular weight excluding hydrogens is 320 g/mol. The summed E-state index contributed by atoms with van der Waals surface area (Å²) >= 11 is 1.49. The van der Waals surface area contributed by atoms with Crippen molar-refractivity contribution in [3.05, 3.63) is 70.6 Å². The molecule has 0 saturated heterocycles. The second-order valence-corrected chi connectivity index (χ2v) is 6.81. The molecule has 2 amide bonds. The quantitative estimate of drug-likeness (QED) is 0.791. The maximum Gasteiger partial charge on any atom is 0.261 e. The van der Waals surface area contributed by atoms with Gasteiger partial charge in [0.05, 0.1) is 4.88 Å². The predicted octanol–water partition coefficient (Wildman–Crippen LogP) is 3.53. The third-order valence-electron chi connectivity index (χ3n) is 3.71. The van der Waals surface area contributed by atoms with Crippen molar-refractivity contribution in [2.24, 2.45) is 0 Å². The molecule has 0 spiro atoms. The summed E-state index contributed by atoms with van der Waals surface area (Å²) in [6.45, 7) is 0.434. The van der Waals surface area contributed by atoms with Crippen LogP contribution in [0, 0.1) is 0 Å². The smallest absolute Gasteiger partial charge is 0.261 e. The number of carbonyl (C=O) groups excluding carboxylic acids is 2. The van der Waals surface area contributed by atoms with Gasteiger partial charge in [-0.2, -0.15) is 0 Å². The van der Waals surface area contributed by atoms with E-state index in [1.54, 1.807) is 26.2 Å². The lowest BCUT2D eigenvalue weighted by molar-refractivity contribution is 0.0827. The molecule has 3 aromatic rings. The van der Waals surface area contributed by atoms with Gasteiger partial charge >= 0.3 is 0 Å². The van der Waals surface area contributed by atoms with Gasteiger partial charge in [0.2, 0.25) is 0 Å². The summed E-state index contributed by atoms with van der Waals surface area (Å²) < 4.78 is 1.11. The van der Waals surface area contributed by atoms with Crippen LogP contribution in [-0.2, 0) is 6.54 Å². The van der Waals surface area contributed by atoms with Gasteiger partial charge in [-0.15, -0.1) is 11.3 Å². The summed E-state index contributed by atoms with van der Waals surface area (Å²) in [5.74, 6) is -0.111. The molecule has 1 aromatic heterocycles. The maximum atomic E-state index is 12.3. The van der Waals surface area contributed by atoms with Gasteiger partial charge in [-0.05, 0) is 35.2 Å². The summed E-state index contributed by atoms with van der Waals surface area (Å²) in [4.78, 5) is 26.4. The Bertz CT molecular complexity index is 849. The average Bonchev–Trinajstić information content (AvgIpc) is 3.03. The summed E-state index contributed by atoms with van der Waals surface area (Å²) in [5, 5.41) is 4.01. The SMILES string of the molecule is CN(C)C(=O)c1ccc(CNC(=O)c2cc3ccccc3s2)cc1. The Labute approximate surface area is 144 Å². The first kappa shape index (κ1) is 16.2. The molecule has 0 atom stereocenters. The van der Waals surface area contributed by atoms with Crippen LogP contribution < -0.4 is 5.32 Å². The fourth-order valence-corrected chi connectivity index (χ4v) is 3.37. The van der Waals surface area contributed by atoms with Crippen LogP contribution in [0.5, 0.6) is 0 Å². The van der Waals surface area contributed by atoms with Crippen molar-refractivity contribution < 1.29 is 9.59 Å². The second-order valence-electron chi connectivity index (χ2n) is 5.73. The van der Waals surface area contributed by atoms with E-state index >= 15 is 0 Å². The molecule has 4 nitrogen and oxygen atoms in total. The number of rotatable bonds is 4. The van der Waals surface area contributed by atoms with Crippen molar-refractivity contribution in [3.8, 4) is 0 Å². The molecule has 1 N–H and O–H groups in total. The van der Waals surface area contributed by atoms with Crippen LogP contribution >= 0.6 is 11.3 Å². The standard InChI is InChI=1S/C19H18N2O2S/c1-21(2)19(23)14-9-7-13(8-10-14)12-20-18(22)17-11-15-5-3-4-6-16(15)24-17/h3-11H,12H2,1-2H3,(H,20,22). The summed E-state index contributed by atoms with van der Waals surface area (Å²) in [6, 6.07) is 17.1. The van der Waals surface area contributed by atoms with E-state index in [0.717, 1.165) is 15.6 Å². The fourth-order valence-electron chi connectivity index (χ4n) is 2.39. The van der Waals surface area contributed by atoms with Crippen LogP contribution in [0.25, 0.3) is 10.1 Å². The number of benzene rings is 2. The topological polar surface area (TPSA) is 49.4 Å². The molecule has 122 valence electrons.